The molecule has 0 saturated carbocycles. The topological polar surface area (TPSA) is 69.7 Å². The number of piperidine rings is 1. The number of likely N-dealkylation sites (tertiary alicyclic amines) is 1. The van der Waals surface area contributed by atoms with Crippen molar-refractivity contribution in [3.63, 3.8) is 0 Å². The largest absolute Gasteiger partial charge is 0.326 e. The van der Waals surface area contributed by atoms with E-state index in [1.807, 2.05) is 24.3 Å². The molecule has 1 fully saturated rings. The Kier molecular flexibility index (Phi) is 7.11. The number of rotatable bonds is 7. The second-order valence-corrected chi connectivity index (χ2v) is 10.4. The van der Waals surface area contributed by atoms with Crippen molar-refractivity contribution in [3.8, 4) is 0 Å². The molecule has 1 N–H and O–H groups in total. The number of hydrogen-bond acceptors (Lipinski definition) is 4. The lowest BCUT2D eigenvalue weighted by atomic mass is 9.96. The van der Waals surface area contributed by atoms with Gasteiger partial charge in [0.1, 0.15) is 0 Å². The van der Waals surface area contributed by atoms with Gasteiger partial charge in [-0.05, 0) is 55.3 Å². The van der Waals surface area contributed by atoms with Crippen LogP contribution in [0.2, 0.25) is 0 Å². The number of amides is 1. The molecule has 3 aromatic carbocycles. The van der Waals surface area contributed by atoms with Gasteiger partial charge >= 0.3 is 0 Å². The van der Waals surface area contributed by atoms with Crippen LogP contribution in [0.4, 0.5) is 11.4 Å². The summed E-state index contributed by atoms with van der Waals surface area (Å²) in [7, 11) is -2.22. The van der Waals surface area contributed by atoms with E-state index in [4.69, 9.17) is 0 Å². The van der Waals surface area contributed by atoms with E-state index in [9.17, 15) is 13.2 Å². The predicted molar refractivity (Wildman–Crippen MR) is 132 cm³/mol. The first kappa shape index (κ1) is 23.0. The second-order valence-electron chi connectivity index (χ2n) is 8.39. The van der Waals surface area contributed by atoms with Crippen molar-refractivity contribution in [2.45, 2.75) is 24.3 Å². The minimum Gasteiger partial charge on any atom is -0.326 e. The van der Waals surface area contributed by atoms with Gasteiger partial charge in [0.2, 0.25) is 5.91 Å². The predicted octanol–water partition coefficient (Wildman–Crippen LogP) is 4.36. The van der Waals surface area contributed by atoms with E-state index in [0.717, 1.165) is 25.9 Å². The molecule has 1 unspecified atom stereocenters. The molecule has 1 atom stereocenters. The standard InChI is InChI=1S/C26H29N3O3S/c1-28(24-14-6-3-7-15-24)33(31,32)25-16-8-13-23(18-25)27-26(30)22-12-9-17-29(20-22)19-21-10-4-2-5-11-21/h2-8,10-11,13-16,18,22H,9,12,17,19-20H2,1H3,(H,27,30). The highest BCUT2D eigenvalue weighted by molar-refractivity contribution is 7.92. The Labute approximate surface area is 195 Å². The smallest absolute Gasteiger partial charge is 0.264 e. The molecule has 33 heavy (non-hydrogen) atoms. The summed E-state index contributed by atoms with van der Waals surface area (Å²) in [5.41, 5.74) is 2.30. The van der Waals surface area contributed by atoms with Crippen LogP contribution in [-0.4, -0.2) is 39.4 Å². The van der Waals surface area contributed by atoms with Gasteiger partial charge in [0.15, 0.2) is 0 Å². The lowest BCUT2D eigenvalue weighted by Gasteiger charge is -2.32. The highest BCUT2D eigenvalue weighted by Gasteiger charge is 2.27. The van der Waals surface area contributed by atoms with Crippen LogP contribution in [0.1, 0.15) is 18.4 Å². The van der Waals surface area contributed by atoms with E-state index >= 15 is 0 Å². The molecule has 1 saturated heterocycles. The third-order valence-corrected chi connectivity index (χ3v) is 7.79. The molecule has 172 valence electrons. The maximum absolute atomic E-state index is 13.1. The average molecular weight is 464 g/mol. The number of anilines is 2. The SMILES string of the molecule is CN(c1ccccc1)S(=O)(=O)c1cccc(NC(=O)C2CCCN(Cc3ccccc3)C2)c1. The normalized spacial score (nSPS) is 16.8. The Hall–Kier alpha value is -3.16. The number of para-hydroxylation sites is 1. The molecule has 0 aliphatic carbocycles. The van der Waals surface area contributed by atoms with Crippen LogP contribution in [0.3, 0.4) is 0 Å². The van der Waals surface area contributed by atoms with Gasteiger partial charge in [-0.15, -0.1) is 0 Å². The highest BCUT2D eigenvalue weighted by Crippen LogP contribution is 2.25. The lowest BCUT2D eigenvalue weighted by molar-refractivity contribution is -0.121. The number of carbonyl (C=O) groups is 1. The zero-order valence-corrected chi connectivity index (χ0v) is 19.5. The van der Waals surface area contributed by atoms with Crippen LogP contribution in [0.25, 0.3) is 0 Å². The van der Waals surface area contributed by atoms with Gasteiger partial charge in [-0.1, -0.05) is 54.6 Å². The monoisotopic (exact) mass is 463 g/mol. The van der Waals surface area contributed by atoms with Crippen molar-refractivity contribution < 1.29 is 13.2 Å². The van der Waals surface area contributed by atoms with E-state index in [2.05, 4.69) is 22.3 Å². The number of carbonyl (C=O) groups excluding carboxylic acids is 1. The summed E-state index contributed by atoms with van der Waals surface area (Å²) < 4.78 is 27.4. The lowest BCUT2D eigenvalue weighted by Crippen LogP contribution is -2.40. The second kappa shape index (κ2) is 10.2. The van der Waals surface area contributed by atoms with Crippen molar-refractivity contribution in [1.29, 1.82) is 0 Å². The quantitative estimate of drug-likeness (QED) is 0.565. The fourth-order valence-electron chi connectivity index (χ4n) is 4.17. The minimum absolute atomic E-state index is 0.0706. The van der Waals surface area contributed by atoms with Crippen molar-refractivity contribution in [1.82, 2.24) is 4.90 Å². The zero-order chi connectivity index (χ0) is 23.3. The van der Waals surface area contributed by atoms with E-state index in [-0.39, 0.29) is 16.7 Å². The number of nitrogens with zero attached hydrogens (tertiary/aromatic N) is 2. The van der Waals surface area contributed by atoms with E-state index < -0.39 is 10.0 Å². The summed E-state index contributed by atoms with van der Waals surface area (Å²) in [5, 5.41) is 2.94. The Balaban J connectivity index is 1.43. The molecule has 0 aromatic heterocycles. The fourth-order valence-corrected chi connectivity index (χ4v) is 5.41. The Bertz CT molecular complexity index is 1180. The fraction of sp³-hybridized carbons (Fsp3) is 0.269. The van der Waals surface area contributed by atoms with Gasteiger partial charge in [0.25, 0.3) is 10.0 Å². The summed E-state index contributed by atoms with van der Waals surface area (Å²) >= 11 is 0. The average Bonchev–Trinajstić information content (AvgIpc) is 2.85. The number of benzene rings is 3. The third kappa shape index (κ3) is 5.61. The maximum atomic E-state index is 13.1. The molecule has 7 heteroatoms. The van der Waals surface area contributed by atoms with Gasteiger partial charge in [0, 0.05) is 25.8 Å². The van der Waals surface area contributed by atoms with E-state index in [1.54, 1.807) is 42.5 Å². The van der Waals surface area contributed by atoms with Crippen LogP contribution in [0, 0.1) is 5.92 Å². The molecule has 1 heterocycles. The van der Waals surface area contributed by atoms with Crippen LogP contribution < -0.4 is 9.62 Å². The molecular weight excluding hydrogens is 434 g/mol. The molecule has 1 aliphatic rings. The molecule has 4 rings (SSSR count). The van der Waals surface area contributed by atoms with Crippen molar-refractivity contribution in [3.05, 3.63) is 90.5 Å². The number of sulfonamides is 1. The summed E-state index contributed by atoms with van der Waals surface area (Å²) in [5.74, 6) is -0.201. The first-order valence-electron chi connectivity index (χ1n) is 11.1. The van der Waals surface area contributed by atoms with Crippen molar-refractivity contribution in [2.24, 2.45) is 5.92 Å². The first-order chi connectivity index (χ1) is 15.9. The van der Waals surface area contributed by atoms with Crippen LogP contribution in [-0.2, 0) is 21.4 Å². The van der Waals surface area contributed by atoms with E-state index in [0.29, 0.717) is 17.9 Å². The van der Waals surface area contributed by atoms with E-state index in [1.165, 1.54) is 23.0 Å². The number of nitrogens with one attached hydrogen (secondary N) is 1. The molecule has 3 aromatic rings. The van der Waals surface area contributed by atoms with Gasteiger partial charge in [-0.25, -0.2) is 8.42 Å². The van der Waals surface area contributed by atoms with Gasteiger partial charge in [-0.2, -0.15) is 0 Å². The summed E-state index contributed by atoms with van der Waals surface area (Å²) in [6, 6.07) is 25.6. The van der Waals surface area contributed by atoms with Crippen molar-refractivity contribution in [2.75, 3.05) is 29.8 Å². The summed E-state index contributed by atoms with van der Waals surface area (Å²) in [4.78, 5) is 15.4. The molecule has 1 amide bonds. The summed E-state index contributed by atoms with van der Waals surface area (Å²) in [6.45, 7) is 2.48. The first-order valence-corrected chi connectivity index (χ1v) is 12.6. The molecule has 1 aliphatic heterocycles. The molecular formula is C26H29N3O3S. The molecule has 0 spiro atoms. The van der Waals surface area contributed by atoms with Gasteiger partial charge < -0.3 is 5.32 Å². The van der Waals surface area contributed by atoms with Crippen LogP contribution in [0.15, 0.2) is 89.8 Å². The van der Waals surface area contributed by atoms with Crippen LogP contribution in [0.5, 0.6) is 0 Å². The minimum atomic E-state index is -3.74. The third-order valence-electron chi connectivity index (χ3n) is 6.01. The van der Waals surface area contributed by atoms with Gasteiger partial charge in [0.05, 0.1) is 16.5 Å². The molecule has 6 nitrogen and oxygen atoms in total. The Morgan fingerprint density at radius 3 is 2.42 bits per heavy atom. The van der Waals surface area contributed by atoms with Crippen LogP contribution >= 0.6 is 0 Å². The highest BCUT2D eigenvalue weighted by atomic mass is 32.2. The van der Waals surface area contributed by atoms with Gasteiger partial charge in [-0.3, -0.25) is 14.0 Å². The number of hydrogen-bond donors (Lipinski definition) is 1. The molecule has 0 radical (unpaired) electrons. The Morgan fingerprint density at radius 1 is 1.00 bits per heavy atom. The maximum Gasteiger partial charge on any atom is 0.264 e. The zero-order valence-electron chi connectivity index (χ0n) is 18.7. The van der Waals surface area contributed by atoms with Crippen molar-refractivity contribution >= 4 is 27.3 Å². The molecule has 0 bridgehead atoms. The Morgan fingerprint density at radius 2 is 1.70 bits per heavy atom. The summed E-state index contributed by atoms with van der Waals surface area (Å²) in [6.07, 6.45) is 1.78.